The topological polar surface area (TPSA) is 3.24 Å². The van der Waals surface area contributed by atoms with E-state index in [0.29, 0.717) is 4.32 Å². The van der Waals surface area contributed by atoms with E-state index in [9.17, 15) is 0 Å². The Morgan fingerprint density at radius 3 is 1.26 bits per heavy atom. The van der Waals surface area contributed by atoms with Crippen LogP contribution in [0.1, 0.15) is 105 Å². The van der Waals surface area contributed by atoms with Crippen LogP contribution in [0.3, 0.4) is 0 Å². The van der Waals surface area contributed by atoms with Crippen LogP contribution in [0.25, 0.3) is 0 Å². The van der Waals surface area contributed by atoms with Crippen LogP contribution in [0.4, 0.5) is 0 Å². The molecule has 0 bridgehead atoms. The molecule has 27 heavy (non-hydrogen) atoms. The summed E-state index contributed by atoms with van der Waals surface area (Å²) in [4.78, 5) is 1.96. The summed E-state index contributed by atoms with van der Waals surface area (Å²) in [6.07, 6.45) is 17.1. The normalized spacial score (nSPS) is 11.0. The molecule has 0 fully saturated rings. The number of unbranched alkanes of at least 4 members (excludes halogenated alkanes) is 10. The Kier molecular flexibility index (Phi) is 22.5. The molecule has 0 saturated carbocycles. The van der Waals surface area contributed by atoms with E-state index >= 15 is 0 Å². The maximum Gasteiger partial charge on any atom is 0.0782 e. The van der Waals surface area contributed by atoms with Gasteiger partial charge in [0.2, 0.25) is 0 Å². The van der Waals surface area contributed by atoms with Crippen molar-refractivity contribution >= 4 is 29.2 Å². The van der Waals surface area contributed by atoms with Crippen LogP contribution < -0.4 is 0 Å². The third-order valence-corrected chi connectivity index (χ3v) is 5.77. The third kappa shape index (κ3) is 22.2. The fourth-order valence-corrected chi connectivity index (χ4v) is 3.75. The Labute approximate surface area is 183 Å². The summed E-state index contributed by atoms with van der Waals surface area (Å²) in [7, 11) is 4.83. The number of hydrogen-bond acceptors (Lipinski definition) is 2. The molecule has 0 spiro atoms. The molecule has 0 aromatic rings. The molecule has 0 radical (unpaired) electrons. The average Bonchev–Trinajstić information content (AvgIpc) is 2.62. The quantitative estimate of drug-likeness (QED) is 0.116. The summed E-state index contributed by atoms with van der Waals surface area (Å²) in [6, 6.07) is 0. The summed E-state index contributed by atoms with van der Waals surface area (Å²) in [5.41, 5.74) is 0. The molecule has 0 saturated heterocycles. The van der Waals surface area contributed by atoms with Gasteiger partial charge < -0.3 is 34.2 Å². The molecule has 0 N–H and O–H groups in total. The van der Waals surface area contributed by atoms with Crippen LogP contribution in [0.15, 0.2) is 0 Å². The van der Waals surface area contributed by atoms with Crippen molar-refractivity contribution in [1.82, 2.24) is 4.90 Å². The monoisotopic (exact) mass is 418 g/mol. The van der Waals surface area contributed by atoms with E-state index in [2.05, 4.69) is 27.9 Å². The summed E-state index contributed by atoms with van der Waals surface area (Å²) < 4.78 is 1.82. The van der Waals surface area contributed by atoms with Crippen LogP contribution in [0.5, 0.6) is 0 Å². The summed E-state index contributed by atoms with van der Waals surface area (Å²) in [5.74, 6) is 0. The number of hydrogen-bond donors (Lipinski definition) is 0. The maximum absolute atomic E-state index is 4.76. The second-order valence-corrected chi connectivity index (χ2v) is 9.39. The standard InChI is InChI=1S/C18H40N.C5H11NS2/c1-5-7-9-11-13-15-17-19(3,4)18-16-14-12-10-8-6-2;1-3-6(4-2)5(7)8/h5-18H2,1-4H3;3-4H2,1-2H3,(H,7,8)/q+1;/p-1. The summed E-state index contributed by atoms with van der Waals surface area (Å²) >= 11 is 9.51. The Bertz CT molecular complexity index is 298. The fourth-order valence-electron chi connectivity index (χ4n) is 3.23. The fraction of sp³-hybridized carbons (Fsp3) is 0.957. The average molecular weight is 419 g/mol. The van der Waals surface area contributed by atoms with Crippen LogP contribution in [-0.2, 0) is 12.6 Å². The molecule has 0 amide bonds. The molecule has 0 heterocycles. The minimum Gasteiger partial charge on any atom is -0.411 e. The Morgan fingerprint density at radius 1 is 0.667 bits per heavy atom. The second kappa shape index (κ2) is 20.8. The molecule has 0 aliphatic rings. The minimum atomic E-state index is 0.579. The van der Waals surface area contributed by atoms with Gasteiger partial charge in [-0.3, -0.25) is 0 Å². The number of rotatable bonds is 16. The zero-order valence-electron chi connectivity index (χ0n) is 19.5. The lowest BCUT2D eigenvalue weighted by Gasteiger charge is -2.30. The number of quaternary nitrogens is 1. The lowest BCUT2D eigenvalue weighted by molar-refractivity contribution is -0.890. The molecular weight excluding hydrogens is 368 g/mol. The first-order valence-corrected chi connectivity index (χ1v) is 12.4. The van der Waals surface area contributed by atoms with Gasteiger partial charge in [0.05, 0.1) is 27.2 Å². The van der Waals surface area contributed by atoms with E-state index in [4.69, 9.17) is 24.8 Å². The Hall–Kier alpha value is 0.0700. The number of nitrogens with zero attached hydrogens (tertiary/aromatic N) is 2. The maximum atomic E-state index is 4.76. The van der Waals surface area contributed by atoms with E-state index in [1.807, 2.05) is 18.7 Å². The number of thiocarbonyl (C=S) groups is 1. The highest BCUT2D eigenvalue weighted by Crippen LogP contribution is 2.11. The minimum absolute atomic E-state index is 0.579. The zero-order chi connectivity index (χ0) is 21.0. The predicted molar refractivity (Wildman–Crippen MR) is 131 cm³/mol. The van der Waals surface area contributed by atoms with Crippen molar-refractivity contribution in [3.63, 3.8) is 0 Å². The third-order valence-electron chi connectivity index (χ3n) is 5.26. The van der Waals surface area contributed by atoms with Gasteiger partial charge >= 0.3 is 0 Å². The molecule has 0 aromatic heterocycles. The van der Waals surface area contributed by atoms with Crippen LogP contribution >= 0.6 is 12.2 Å². The van der Waals surface area contributed by atoms with Gasteiger partial charge in [0.1, 0.15) is 0 Å². The van der Waals surface area contributed by atoms with Crippen molar-refractivity contribution < 1.29 is 4.48 Å². The molecule has 0 unspecified atom stereocenters. The molecule has 0 rings (SSSR count). The van der Waals surface area contributed by atoms with Crippen molar-refractivity contribution in [1.29, 1.82) is 0 Å². The van der Waals surface area contributed by atoms with Crippen molar-refractivity contribution in [2.45, 2.75) is 105 Å². The van der Waals surface area contributed by atoms with Crippen molar-refractivity contribution in [3.8, 4) is 0 Å². The van der Waals surface area contributed by atoms with Gasteiger partial charge in [-0.25, -0.2) is 0 Å². The van der Waals surface area contributed by atoms with Gasteiger partial charge in [-0.05, 0) is 39.5 Å². The molecular formula is C23H50N2S2. The van der Waals surface area contributed by atoms with Crippen molar-refractivity contribution in [2.75, 3.05) is 40.3 Å². The molecule has 0 aromatic carbocycles. The highest BCUT2D eigenvalue weighted by molar-refractivity contribution is 8.00. The van der Waals surface area contributed by atoms with Crippen LogP contribution in [-0.4, -0.2) is 54.0 Å². The molecule has 2 nitrogen and oxygen atoms in total. The molecule has 164 valence electrons. The van der Waals surface area contributed by atoms with Gasteiger partial charge in [0, 0.05) is 13.1 Å². The molecule has 0 atom stereocenters. The van der Waals surface area contributed by atoms with Gasteiger partial charge in [0.15, 0.2) is 0 Å². The van der Waals surface area contributed by atoms with E-state index in [1.54, 1.807) is 0 Å². The van der Waals surface area contributed by atoms with Crippen LogP contribution in [0, 0.1) is 0 Å². The summed E-state index contributed by atoms with van der Waals surface area (Å²) in [5, 5.41) is 0. The first-order valence-electron chi connectivity index (χ1n) is 11.6. The smallest absolute Gasteiger partial charge is 0.0782 e. The molecule has 4 heteroatoms. The van der Waals surface area contributed by atoms with E-state index in [1.165, 1.54) is 94.6 Å². The first-order chi connectivity index (χ1) is 12.8. The first kappa shape index (κ1) is 29.3. The Morgan fingerprint density at radius 2 is 1.00 bits per heavy atom. The van der Waals surface area contributed by atoms with E-state index < -0.39 is 0 Å². The van der Waals surface area contributed by atoms with Gasteiger partial charge in [-0.1, -0.05) is 69.5 Å². The SMILES string of the molecule is CCCCCCCC[N+](C)(C)CCCCCCCC.CCN(CC)C(=S)[S-]. The lowest BCUT2D eigenvalue weighted by Crippen LogP contribution is -2.41. The van der Waals surface area contributed by atoms with Crippen molar-refractivity contribution in [2.24, 2.45) is 0 Å². The summed E-state index contributed by atoms with van der Waals surface area (Å²) in [6.45, 7) is 13.3. The van der Waals surface area contributed by atoms with Gasteiger partial charge in [-0.2, -0.15) is 0 Å². The van der Waals surface area contributed by atoms with E-state index in [-0.39, 0.29) is 0 Å². The highest BCUT2D eigenvalue weighted by Gasteiger charge is 2.13. The van der Waals surface area contributed by atoms with Crippen molar-refractivity contribution in [3.05, 3.63) is 0 Å². The highest BCUT2D eigenvalue weighted by atomic mass is 32.1. The van der Waals surface area contributed by atoms with Gasteiger partial charge in [-0.15, -0.1) is 0 Å². The largest absolute Gasteiger partial charge is 0.411 e. The molecule has 0 aliphatic heterocycles. The van der Waals surface area contributed by atoms with Gasteiger partial charge in [0.25, 0.3) is 0 Å². The second-order valence-electron chi connectivity index (χ2n) is 8.36. The predicted octanol–water partition coefficient (Wildman–Crippen LogP) is 6.94. The van der Waals surface area contributed by atoms with E-state index in [0.717, 1.165) is 13.1 Å². The van der Waals surface area contributed by atoms with Crippen LogP contribution in [0.2, 0.25) is 0 Å². The zero-order valence-corrected chi connectivity index (χ0v) is 21.2. The lowest BCUT2D eigenvalue weighted by atomic mass is 10.1. The molecule has 0 aliphatic carbocycles. The Balaban J connectivity index is 0.